The standard InChI is InChI=1S/C24H21ClN4O/c1-15-10-12-20(13-17(15)3)29-23(18-7-5-4-6-8-18)27-22(28-29)24(30)26-19-11-9-16(2)21(25)14-19/h4-14H,1-3H3,(H,26,30). The van der Waals surface area contributed by atoms with Crippen molar-refractivity contribution in [1.29, 1.82) is 0 Å². The van der Waals surface area contributed by atoms with Gasteiger partial charge in [0.15, 0.2) is 5.82 Å². The van der Waals surface area contributed by atoms with E-state index in [1.165, 1.54) is 5.56 Å². The molecule has 0 atom stereocenters. The van der Waals surface area contributed by atoms with Crippen molar-refractivity contribution in [3.8, 4) is 17.1 Å². The molecule has 1 aromatic heterocycles. The van der Waals surface area contributed by atoms with Crippen LogP contribution in [-0.2, 0) is 0 Å². The quantitative estimate of drug-likeness (QED) is 0.459. The molecule has 0 aliphatic heterocycles. The summed E-state index contributed by atoms with van der Waals surface area (Å²) in [6, 6.07) is 21.1. The molecule has 1 heterocycles. The number of hydrogen-bond acceptors (Lipinski definition) is 3. The van der Waals surface area contributed by atoms with Crippen molar-refractivity contribution < 1.29 is 4.79 Å². The fraction of sp³-hybridized carbons (Fsp3) is 0.125. The number of hydrogen-bond donors (Lipinski definition) is 1. The number of halogens is 1. The maximum Gasteiger partial charge on any atom is 0.295 e. The highest BCUT2D eigenvalue weighted by Gasteiger charge is 2.19. The van der Waals surface area contributed by atoms with Crippen molar-refractivity contribution >= 4 is 23.2 Å². The Labute approximate surface area is 180 Å². The first-order valence-corrected chi connectivity index (χ1v) is 9.98. The summed E-state index contributed by atoms with van der Waals surface area (Å²) >= 11 is 6.17. The molecule has 150 valence electrons. The molecular formula is C24H21ClN4O. The fourth-order valence-electron chi connectivity index (χ4n) is 3.08. The molecule has 0 bridgehead atoms. The number of nitrogens with zero attached hydrogens (tertiary/aromatic N) is 3. The van der Waals surface area contributed by atoms with E-state index in [1.54, 1.807) is 16.8 Å². The minimum Gasteiger partial charge on any atom is -0.319 e. The second-order valence-electron chi connectivity index (χ2n) is 7.22. The number of aromatic nitrogens is 3. The lowest BCUT2D eigenvalue weighted by Crippen LogP contribution is -2.14. The predicted molar refractivity (Wildman–Crippen MR) is 120 cm³/mol. The zero-order chi connectivity index (χ0) is 21.3. The molecule has 0 aliphatic rings. The number of carbonyl (C=O) groups is 1. The molecule has 30 heavy (non-hydrogen) atoms. The topological polar surface area (TPSA) is 59.8 Å². The molecule has 0 aliphatic carbocycles. The Morgan fingerprint density at radius 2 is 1.63 bits per heavy atom. The lowest BCUT2D eigenvalue weighted by Gasteiger charge is -2.08. The van der Waals surface area contributed by atoms with Gasteiger partial charge in [0.05, 0.1) is 5.69 Å². The van der Waals surface area contributed by atoms with E-state index >= 15 is 0 Å². The first kappa shape index (κ1) is 19.9. The highest BCUT2D eigenvalue weighted by atomic mass is 35.5. The van der Waals surface area contributed by atoms with Gasteiger partial charge in [-0.1, -0.05) is 54.1 Å². The number of anilines is 1. The van der Waals surface area contributed by atoms with Crippen LogP contribution in [0.25, 0.3) is 17.1 Å². The van der Waals surface area contributed by atoms with Gasteiger partial charge in [0.1, 0.15) is 0 Å². The van der Waals surface area contributed by atoms with E-state index in [1.807, 2.05) is 68.4 Å². The predicted octanol–water partition coefficient (Wildman–Crippen LogP) is 5.77. The van der Waals surface area contributed by atoms with Gasteiger partial charge >= 0.3 is 0 Å². The van der Waals surface area contributed by atoms with Gasteiger partial charge in [0.25, 0.3) is 5.91 Å². The van der Waals surface area contributed by atoms with Gasteiger partial charge in [-0.2, -0.15) is 0 Å². The van der Waals surface area contributed by atoms with Gasteiger partial charge in [-0.25, -0.2) is 9.67 Å². The number of aryl methyl sites for hydroxylation is 3. The molecule has 0 saturated heterocycles. The summed E-state index contributed by atoms with van der Waals surface area (Å²) in [6.45, 7) is 6.02. The van der Waals surface area contributed by atoms with E-state index in [0.717, 1.165) is 22.4 Å². The van der Waals surface area contributed by atoms with Crippen molar-refractivity contribution in [2.24, 2.45) is 0 Å². The van der Waals surface area contributed by atoms with Crippen molar-refractivity contribution in [2.75, 3.05) is 5.32 Å². The Morgan fingerprint density at radius 1 is 0.900 bits per heavy atom. The van der Waals surface area contributed by atoms with E-state index < -0.39 is 5.91 Å². The van der Waals surface area contributed by atoms with Gasteiger partial charge in [0.2, 0.25) is 5.82 Å². The fourth-order valence-corrected chi connectivity index (χ4v) is 3.26. The largest absolute Gasteiger partial charge is 0.319 e. The van der Waals surface area contributed by atoms with Crippen molar-refractivity contribution in [3.63, 3.8) is 0 Å². The summed E-state index contributed by atoms with van der Waals surface area (Å²) in [5.74, 6) is 0.296. The minimum atomic E-state index is -0.394. The van der Waals surface area contributed by atoms with E-state index in [0.29, 0.717) is 16.5 Å². The summed E-state index contributed by atoms with van der Waals surface area (Å²) in [6.07, 6.45) is 0. The monoisotopic (exact) mass is 416 g/mol. The first-order chi connectivity index (χ1) is 14.4. The summed E-state index contributed by atoms with van der Waals surface area (Å²) in [5.41, 5.74) is 5.59. The minimum absolute atomic E-state index is 0.0868. The van der Waals surface area contributed by atoms with Crippen LogP contribution in [0.1, 0.15) is 27.3 Å². The molecule has 3 aromatic carbocycles. The second kappa shape index (κ2) is 8.13. The van der Waals surface area contributed by atoms with Crippen molar-refractivity contribution in [1.82, 2.24) is 14.8 Å². The number of amides is 1. The van der Waals surface area contributed by atoms with Crippen LogP contribution in [-0.4, -0.2) is 20.7 Å². The summed E-state index contributed by atoms with van der Waals surface area (Å²) in [4.78, 5) is 17.4. The molecule has 6 heteroatoms. The molecular weight excluding hydrogens is 396 g/mol. The summed E-state index contributed by atoms with van der Waals surface area (Å²) in [7, 11) is 0. The lowest BCUT2D eigenvalue weighted by atomic mass is 10.1. The van der Waals surface area contributed by atoms with Crippen LogP contribution >= 0.6 is 11.6 Å². The van der Waals surface area contributed by atoms with Gasteiger partial charge in [-0.3, -0.25) is 4.79 Å². The zero-order valence-corrected chi connectivity index (χ0v) is 17.7. The molecule has 0 unspecified atom stereocenters. The highest BCUT2D eigenvalue weighted by Crippen LogP contribution is 2.24. The SMILES string of the molecule is Cc1ccc(-n2nc(C(=O)Nc3ccc(C)c(Cl)c3)nc2-c2ccccc2)cc1C. The average Bonchev–Trinajstić information content (AvgIpc) is 3.19. The third kappa shape index (κ3) is 3.98. The molecule has 0 radical (unpaired) electrons. The Hall–Kier alpha value is -3.44. The van der Waals surface area contributed by atoms with Gasteiger partial charge in [-0.05, 0) is 61.7 Å². The van der Waals surface area contributed by atoms with Crippen LogP contribution in [0.3, 0.4) is 0 Å². The molecule has 0 saturated carbocycles. The van der Waals surface area contributed by atoms with Gasteiger partial charge < -0.3 is 5.32 Å². The van der Waals surface area contributed by atoms with Crippen LogP contribution in [0, 0.1) is 20.8 Å². The Balaban J connectivity index is 1.75. The summed E-state index contributed by atoms with van der Waals surface area (Å²) < 4.78 is 1.71. The second-order valence-corrected chi connectivity index (χ2v) is 7.63. The molecule has 1 amide bonds. The van der Waals surface area contributed by atoms with Crippen molar-refractivity contribution in [2.45, 2.75) is 20.8 Å². The van der Waals surface area contributed by atoms with Crippen LogP contribution in [0.15, 0.2) is 66.7 Å². The van der Waals surface area contributed by atoms with Gasteiger partial charge in [-0.15, -0.1) is 5.10 Å². The average molecular weight is 417 g/mol. The van der Waals surface area contributed by atoms with Crippen LogP contribution < -0.4 is 5.32 Å². The van der Waals surface area contributed by atoms with E-state index in [-0.39, 0.29) is 5.82 Å². The Morgan fingerprint density at radius 3 is 2.33 bits per heavy atom. The van der Waals surface area contributed by atoms with E-state index in [2.05, 4.69) is 22.3 Å². The number of rotatable bonds is 4. The van der Waals surface area contributed by atoms with Crippen molar-refractivity contribution in [3.05, 3.63) is 94.3 Å². The normalized spacial score (nSPS) is 10.8. The van der Waals surface area contributed by atoms with Crippen LogP contribution in [0.2, 0.25) is 5.02 Å². The number of carbonyl (C=O) groups excluding carboxylic acids is 1. The zero-order valence-electron chi connectivity index (χ0n) is 17.0. The molecule has 5 nitrogen and oxygen atoms in total. The van der Waals surface area contributed by atoms with Gasteiger partial charge in [0, 0.05) is 16.3 Å². The molecule has 0 fully saturated rings. The third-order valence-corrected chi connectivity index (χ3v) is 5.41. The Bertz CT molecular complexity index is 1230. The van der Waals surface area contributed by atoms with E-state index in [4.69, 9.17) is 11.6 Å². The maximum absolute atomic E-state index is 12.9. The first-order valence-electron chi connectivity index (χ1n) is 9.60. The lowest BCUT2D eigenvalue weighted by molar-refractivity contribution is 0.101. The molecule has 0 spiro atoms. The van der Waals surface area contributed by atoms with E-state index in [9.17, 15) is 4.79 Å². The van der Waals surface area contributed by atoms with Crippen LogP contribution in [0.4, 0.5) is 5.69 Å². The third-order valence-electron chi connectivity index (χ3n) is 5.01. The van der Waals surface area contributed by atoms with Crippen LogP contribution in [0.5, 0.6) is 0 Å². The Kier molecular flexibility index (Phi) is 5.38. The highest BCUT2D eigenvalue weighted by molar-refractivity contribution is 6.31. The molecule has 4 aromatic rings. The molecule has 1 N–H and O–H groups in total. The number of benzene rings is 3. The smallest absolute Gasteiger partial charge is 0.295 e. The number of nitrogens with one attached hydrogen (secondary N) is 1. The maximum atomic E-state index is 12.9. The molecule has 4 rings (SSSR count). The summed E-state index contributed by atoms with van der Waals surface area (Å²) in [5, 5.41) is 7.94.